The van der Waals surface area contributed by atoms with Crippen molar-refractivity contribution in [2.75, 3.05) is 11.9 Å². The van der Waals surface area contributed by atoms with Crippen molar-refractivity contribution in [3.05, 3.63) is 51.8 Å². The van der Waals surface area contributed by atoms with Gasteiger partial charge >= 0.3 is 5.97 Å². The van der Waals surface area contributed by atoms with Gasteiger partial charge in [0.15, 0.2) is 0 Å². The summed E-state index contributed by atoms with van der Waals surface area (Å²) in [6.07, 6.45) is 0. The molecule has 0 spiro atoms. The highest BCUT2D eigenvalue weighted by Crippen LogP contribution is 2.25. The molecule has 24 heavy (non-hydrogen) atoms. The van der Waals surface area contributed by atoms with Crippen LogP contribution in [-0.4, -0.2) is 23.1 Å². The number of ether oxygens (including phenoxy) is 1. The molecule has 0 unspecified atom stereocenters. The summed E-state index contributed by atoms with van der Waals surface area (Å²) >= 11 is 0. The Bertz CT molecular complexity index is 803. The van der Waals surface area contributed by atoms with E-state index in [1.807, 2.05) is 39.0 Å². The first-order valence-electron chi connectivity index (χ1n) is 8.00. The molecule has 2 aromatic rings. The van der Waals surface area contributed by atoms with Crippen LogP contribution in [0.25, 0.3) is 0 Å². The average Bonchev–Trinajstić information content (AvgIpc) is 2.74. The van der Waals surface area contributed by atoms with Gasteiger partial charge in [0, 0.05) is 18.4 Å². The van der Waals surface area contributed by atoms with Gasteiger partial charge in [-0.2, -0.15) is 0 Å². The molecule has 0 atom stereocenters. The fourth-order valence-corrected chi connectivity index (χ4v) is 2.87. The molecular weight excluding hydrogens is 304 g/mol. The molecule has 5 nitrogen and oxygen atoms in total. The summed E-state index contributed by atoms with van der Waals surface area (Å²) < 4.78 is 6.81. The third-order valence-electron chi connectivity index (χ3n) is 4.48. The number of rotatable bonds is 4. The molecule has 1 heterocycles. The fraction of sp³-hybridized carbons (Fsp3) is 0.368. The lowest BCUT2D eigenvalue weighted by molar-refractivity contribution is 0.0514. The smallest absolute Gasteiger partial charge is 0.355 e. The fourth-order valence-electron chi connectivity index (χ4n) is 2.87. The van der Waals surface area contributed by atoms with E-state index >= 15 is 0 Å². The number of amides is 1. The number of hydrogen-bond acceptors (Lipinski definition) is 3. The second kappa shape index (κ2) is 6.91. The van der Waals surface area contributed by atoms with Crippen LogP contribution in [0.5, 0.6) is 0 Å². The summed E-state index contributed by atoms with van der Waals surface area (Å²) in [6, 6.07) is 5.79. The predicted molar refractivity (Wildman–Crippen MR) is 94.7 cm³/mol. The van der Waals surface area contributed by atoms with Gasteiger partial charge in [-0.1, -0.05) is 12.1 Å². The van der Waals surface area contributed by atoms with Crippen molar-refractivity contribution in [2.45, 2.75) is 34.6 Å². The molecule has 2 rings (SSSR count). The largest absolute Gasteiger partial charge is 0.461 e. The van der Waals surface area contributed by atoms with Gasteiger partial charge in [-0.3, -0.25) is 4.79 Å². The van der Waals surface area contributed by atoms with E-state index in [-0.39, 0.29) is 5.91 Å². The quantitative estimate of drug-likeness (QED) is 0.871. The molecule has 0 saturated heterocycles. The van der Waals surface area contributed by atoms with Gasteiger partial charge < -0.3 is 14.6 Å². The van der Waals surface area contributed by atoms with Gasteiger partial charge in [0.05, 0.1) is 12.2 Å². The molecule has 1 N–H and O–H groups in total. The first-order valence-corrected chi connectivity index (χ1v) is 8.00. The zero-order valence-electron chi connectivity index (χ0n) is 15.1. The first-order chi connectivity index (χ1) is 11.3. The van der Waals surface area contributed by atoms with Crippen LogP contribution >= 0.6 is 0 Å². The molecule has 1 aromatic carbocycles. The highest BCUT2D eigenvalue weighted by atomic mass is 16.5. The minimum Gasteiger partial charge on any atom is -0.461 e. The monoisotopic (exact) mass is 328 g/mol. The number of carbonyl (C=O) groups excluding carboxylic acids is 2. The van der Waals surface area contributed by atoms with Crippen LogP contribution in [0.15, 0.2) is 18.2 Å². The lowest BCUT2D eigenvalue weighted by Crippen LogP contribution is -2.15. The van der Waals surface area contributed by atoms with E-state index in [0.717, 1.165) is 22.5 Å². The Labute approximate surface area is 142 Å². The van der Waals surface area contributed by atoms with Gasteiger partial charge in [0.1, 0.15) is 5.69 Å². The number of aromatic nitrogens is 1. The van der Waals surface area contributed by atoms with Gasteiger partial charge in [0.2, 0.25) is 0 Å². The second-order valence-electron chi connectivity index (χ2n) is 5.92. The summed E-state index contributed by atoms with van der Waals surface area (Å²) in [6.45, 7) is 9.64. The number of nitrogens with one attached hydrogen (secondary N) is 1. The third-order valence-corrected chi connectivity index (χ3v) is 4.48. The maximum absolute atomic E-state index is 12.8. The van der Waals surface area contributed by atoms with E-state index in [1.165, 1.54) is 0 Å². The van der Waals surface area contributed by atoms with Crippen LogP contribution in [-0.2, 0) is 11.8 Å². The summed E-state index contributed by atoms with van der Waals surface area (Å²) in [5, 5.41) is 2.96. The molecule has 0 aliphatic carbocycles. The Hall–Kier alpha value is -2.56. The first kappa shape index (κ1) is 17.8. The van der Waals surface area contributed by atoms with E-state index in [9.17, 15) is 9.59 Å². The van der Waals surface area contributed by atoms with Crippen molar-refractivity contribution in [3.8, 4) is 0 Å². The average molecular weight is 328 g/mol. The molecule has 1 aromatic heterocycles. The molecule has 0 bridgehead atoms. The van der Waals surface area contributed by atoms with Crippen LogP contribution in [0.3, 0.4) is 0 Å². The van der Waals surface area contributed by atoms with Crippen molar-refractivity contribution in [1.29, 1.82) is 0 Å². The van der Waals surface area contributed by atoms with Crippen molar-refractivity contribution in [1.82, 2.24) is 4.57 Å². The summed E-state index contributed by atoms with van der Waals surface area (Å²) in [5.41, 5.74) is 5.22. The molecular formula is C19H24N2O3. The van der Waals surface area contributed by atoms with Crippen LogP contribution in [0.4, 0.5) is 5.69 Å². The molecule has 0 aliphatic rings. The Balaban J connectivity index is 2.42. The Kier molecular flexibility index (Phi) is 5.12. The Morgan fingerprint density at radius 2 is 1.79 bits per heavy atom. The number of benzene rings is 1. The van der Waals surface area contributed by atoms with Crippen LogP contribution in [0, 0.1) is 27.7 Å². The van der Waals surface area contributed by atoms with E-state index in [2.05, 4.69) is 5.32 Å². The number of anilines is 1. The third kappa shape index (κ3) is 3.07. The van der Waals surface area contributed by atoms with E-state index in [1.54, 1.807) is 25.5 Å². The maximum Gasteiger partial charge on any atom is 0.355 e. The molecule has 5 heteroatoms. The highest BCUT2D eigenvalue weighted by Gasteiger charge is 2.25. The highest BCUT2D eigenvalue weighted by molar-refractivity contribution is 6.08. The normalized spacial score (nSPS) is 10.6. The van der Waals surface area contributed by atoms with Gasteiger partial charge in [-0.15, -0.1) is 0 Å². The summed E-state index contributed by atoms with van der Waals surface area (Å²) in [5.74, 6) is -0.628. The minimum atomic E-state index is -0.411. The molecule has 0 saturated carbocycles. The standard InChI is InChI=1S/C19H24N2O3/c1-7-24-19(23)17-13(4)16(14(5)21(17)6)18(22)20-15-10-8-9-11(2)12(15)3/h8-10H,7H2,1-6H3,(H,20,22). The van der Waals surface area contributed by atoms with Gasteiger partial charge in [0.25, 0.3) is 5.91 Å². The van der Waals surface area contributed by atoms with Gasteiger partial charge in [-0.25, -0.2) is 4.79 Å². The van der Waals surface area contributed by atoms with Crippen LogP contribution in [0.2, 0.25) is 0 Å². The SMILES string of the molecule is CCOC(=O)c1c(C)c(C(=O)Nc2cccc(C)c2C)c(C)n1C. The molecule has 0 radical (unpaired) electrons. The number of nitrogens with zero attached hydrogens (tertiary/aromatic N) is 1. The predicted octanol–water partition coefficient (Wildman–Crippen LogP) is 3.69. The Morgan fingerprint density at radius 3 is 2.42 bits per heavy atom. The number of hydrogen-bond donors (Lipinski definition) is 1. The molecule has 0 fully saturated rings. The molecule has 1 amide bonds. The Morgan fingerprint density at radius 1 is 1.12 bits per heavy atom. The van der Waals surface area contributed by atoms with Crippen LogP contribution in [0.1, 0.15) is 50.2 Å². The van der Waals surface area contributed by atoms with E-state index in [0.29, 0.717) is 23.4 Å². The lowest BCUT2D eigenvalue weighted by Gasteiger charge is -2.11. The molecule has 0 aliphatic heterocycles. The number of esters is 1. The van der Waals surface area contributed by atoms with Crippen LogP contribution < -0.4 is 5.32 Å². The van der Waals surface area contributed by atoms with Gasteiger partial charge in [-0.05, 0) is 57.4 Å². The lowest BCUT2D eigenvalue weighted by atomic mass is 10.1. The van der Waals surface area contributed by atoms with Crippen molar-refractivity contribution >= 4 is 17.6 Å². The van der Waals surface area contributed by atoms with Crippen molar-refractivity contribution in [2.24, 2.45) is 7.05 Å². The van der Waals surface area contributed by atoms with Crippen molar-refractivity contribution in [3.63, 3.8) is 0 Å². The summed E-state index contributed by atoms with van der Waals surface area (Å²) in [4.78, 5) is 24.9. The molecule has 128 valence electrons. The second-order valence-corrected chi connectivity index (χ2v) is 5.92. The van der Waals surface area contributed by atoms with E-state index < -0.39 is 5.97 Å². The number of carbonyl (C=O) groups is 2. The minimum absolute atomic E-state index is 0.218. The van der Waals surface area contributed by atoms with E-state index in [4.69, 9.17) is 4.74 Å². The zero-order chi connectivity index (χ0) is 18.0. The van der Waals surface area contributed by atoms with Crippen molar-refractivity contribution < 1.29 is 14.3 Å². The summed E-state index contributed by atoms with van der Waals surface area (Å²) in [7, 11) is 1.77. The number of aryl methyl sites for hydroxylation is 1. The topological polar surface area (TPSA) is 60.3 Å². The zero-order valence-corrected chi connectivity index (χ0v) is 15.1. The maximum atomic E-state index is 12.8.